The van der Waals surface area contributed by atoms with Crippen LogP contribution in [-0.2, 0) is 26.1 Å². The summed E-state index contributed by atoms with van der Waals surface area (Å²) in [5.74, 6) is 0.902. The van der Waals surface area contributed by atoms with Gasteiger partial charge < -0.3 is 10.1 Å². The molecule has 0 radical (unpaired) electrons. The normalized spacial score (nSPS) is 13.8. The molecule has 0 spiro atoms. The van der Waals surface area contributed by atoms with E-state index in [4.69, 9.17) is 4.74 Å². The molecule has 1 heterocycles. The Hall–Kier alpha value is -2.33. The third-order valence-corrected chi connectivity index (χ3v) is 5.28. The Labute approximate surface area is 168 Å². The standard InChI is InChI=1S/C24H31FN2O/c1-18(2)26-15-20-5-7-21(8-6-20)16-27-13-11-23-19(3)24(28-14-4-12-25)10-9-22(23)17-27/h5-10,26H,1,4,11-17H2,2-3H3. The van der Waals surface area contributed by atoms with E-state index in [1.54, 1.807) is 0 Å². The number of nitrogens with zero attached hydrogens (tertiary/aromatic N) is 1. The Balaban J connectivity index is 1.59. The van der Waals surface area contributed by atoms with E-state index in [-0.39, 0.29) is 6.67 Å². The Morgan fingerprint density at radius 2 is 1.93 bits per heavy atom. The molecule has 2 aromatic carbocycles. The van der Waals surface area contributed by atoms with Gasteiger partial charge in [-0.05, 0) is 54.2 Å². The van der Waals surface area contributed by atoms with Gasteiger partial charge in [-0.2, -0.15) is 0 Å². The van der Waals surface area contributed by atoms with E-state index in [9.17, 15) is 4.39 Å². The number of benzene rings is 2. The molecule has 150 valence electrons. The lowest BCUT2D eigenvalue weighted by atomic mass is 9.94. The van der Waals surface area contributed by atoms with E-state index in [0.717, 1.165) is 44.0 Å². The van der Waals surface area contributed by atoms with Crippen molar-refractivity contribution in [3.8, 4) is 5.75 Å². The van der Waals surface area contributed by atoms with Crippen molar-refractivity contribution in [2.45, 2.75) is 46.3 Å². The summed E-state index contributed by atoms with van der Waals surface area (Å²) in [4.78, 5) is 2.49. The monoisotopic (exact) mass is 382 g/mol. The fraction of sp³-hybridized carbons (Fsp3) is 0.417. The predicted molar refractivity (Wildman–Crippen MR) is 113 cm³/mol. The van der Waals surface area contributed by atoms with Crippen molar-refractivity contribution in [2.75, 3.05) is 19.8 Å². The highest BCUT2D eigenvalue weighted by Gasteiger charge is 2.19. The predicted octanol–water partition coefficient (Wildman–Crippen LogP) is 4.91. The van der Waals surface area contributed by atoms with Crippen molar-refractivity contribution in [1.82, 2.24) is 10.2 Å². The van der Waals surface area contributed by atoms with Gasteiger partial charge in [-0.3, -0.25) is 9.29 Å². The summed E-state index contributed by atoms with van der Waals surface area (Å²) in [6, 6.07) is 13.0. The SMILES string of the molecule is C=C(C)NCc1ccc(CN2CCc3c(ccc(OCCCF)c3C)C2)cc1. The van der Waals surface area contributed by atoms with Crippen molar-refractivity contribution in [1.29, 1.82) is 0 Å². The molecule has 1 N–H and O–H groups in total. The number of allylic oxidation sites excluding steroid dienone is 1. The second kappa shape index (κ2) is 9.74. The number of hydrogen-bond donors (Lipinski definition) is 1. The van der Waals surface area contributed by atoms with Crippen LogP contribution >= 0.6 is 0 Å². The van der Waals surface area contributed by atoms with Gasteiger partial charge in [-0.15, -0.1) is 0 Å². The summed E-state index contributed by atoms with van der Waals surface area (Å²) in [7, 11) is 0. The van der Waals surface area contributed by atoms with Gasteiger partial charge in [0.15, 0.2) is 0 Å². The van der Waals surface area contributed by atoms with Crippen LogP contribution in [-0.4, -0.2) is 24.7 Å². The molecule has 0 saturated heterocycles. The van der Waals surface area contributed by atoms with E-state index in [1.165, 1.54) is 27.8 Å². The molecule has 2 aromatic rings. The highest BCUT2D eigenvalue weighted by atomic mass is 19.1. The average Bonchev–Trinajstić information content (AvgIpc) is 2.69. The zero-order valence-electron chi connectivity index (χ0n) is 17.1. The third-order valence-electron chi connectivity index (χ3n) is 5.28. The Bertz CT molecular complexity index is 801. The molecule has 3 nitrogen and oxygen atoms in total. The minimum absolute atomic E-state index is 0.329. The fourth-order valence-electron chi connectivity index (χ4n) is 3.68. The molecule has 1 aliphatic heterocycles. The first-order valence-corrected chi connectivity index (χ1v) is 10.1. The van der Waals surface area contributed by atoms with Crippen molar-refractivity contribution >= 4 is 0 Å². The summed E-state index contributed by atoms with van der Waals surface area (Å²) < 4.78 is 18.0. The van der Waals surface area contributed by atoms with E-state index in [0.29, 0.717) is 13.0 Å². The van der Waals surface area contributed by atoms with Gasteiger partial charge in [0, 0.05) is 38.3 Å². The molecular weight excluding hydrogens is 351 g/mol. The molecule has 1 aliphatic rings. The second-order valence-corrected chi connectivity index (χ2v) is 7.63. The lowest BCUT2D eigenvalue weighted by Crippen LogP contribution is -2.30. The Morgan fingerprint density at radius 1 is 1.18 bits per heavy atom. The van der Waals surface area contributed by atoms with Gasteiger partial charge in [0.1, 0.15) is 5.75 Å². The maximum absolute atomic E-state index is 12.3. The molecule has 0 fully saturated rings. The van der Waals surface area contributed by atoms with Crippen LogP contribution < -0.4 is 10.1 Å². The first-order valence-electron chi connectivity index (χ1n) is 10.1. The van der Waals surface area contributed by atoms with E-state index in [1.807, 2.05) is 13.0 Å². The number of halogens is 1. The minimum Gasteiger partial charge on any atom is -0.493 e. The van der Waals surface area contributed by atoms with Crippen LogP contribution in [0.5, 0.6) is 5.75 Å². The van der Waals surface area contributed by atoms with Crippen molar-refractivity contribution < 1.29 is 9.13 Å². The van der Waals surface area contributed by atoms with Crippen LogP contribution in [0.4, 0.5) is 4.39 Å². The van der Waals surface area contributed by atoms with Gasteiger partial charge >= 0.3 is 0 Å². The van der Waals surface area contributed by atoms with Crippen LogP contribution in [0, 0.1) is 6.92 Å². The number of rotatable bonds is 9. The minimum atomic E-state index is -0.329. The van der Waals surface area contributed by atoms with Crippen LogP contribution in [0.3, 0.4) is 0 Å². The maximum atomic E-state index is 12.3. The molecule has 0 amide bonds. The van der Waals surface area contributed by atoms with Crippen LogP contribution in [0.2, 0.25) is 0 Å². The molecule has 4 heteroatoms. The summed E-state index contributed by atoms with van der Waals surface area (Å²) in [5.41, 5.74) is 7.59. The fourth-order valence-corrected chi connectivity index (χ4v) is 3.68. The molecule has 0 bridgehead atoms. The Morgan fingerprint density at radius 3 is 2.64 bits per heavy atom. The van der Waals surface area contributed by atoms with Crippen LogP contribution in [0.1, 0.15) is 41.2 Å². The largest absolute Gasteiger partial charge is 0.493 e. The highest BCUT2D eigenvalue weighted by Crippen LogP contribution is 2.30. The van der Waals surface area contributed by atoms with Gasteiger partial charge in [0.25, 0.3) is 0 Å². The van der Waals surface area contributed by atoms with Crippen LogP contribution in [0.25, 0.3) is 0 Å². The quantitative estimate of drug-likeness (QED) is 0.623. The lowest BCUT2D eigenvalue weighted by Gasteiger charge is -2.30. The molecule has 0 aromatic heterocycles. The van der Waals surface area contributed by atoms with E-state index in [2.05, 4.69) is 54.1 Å². The van der Waals surface area contributed by atoms with Gasteiger partial charge in [-0.1, -0.05) is 36.9 Å². The van der Waals surface area contributed by atoms with Gasteiger partial charge in [-0.25, -0.2) is 0 Å². The lowest BCUT2D eigenvalue weighted by molar-refractivity contribution is 0.243. The number of hydrogen-bond acceptors (Lipinski definition) is 3. The topological polar surface area (TPSA) is 24.5 Å². The third kappa shape index (κ3) is 5.35. The van der Waals surface area contributed by atoms with Crippen molar-refractivity contribution in [2.24, 2.45) is 0 Å². The van der Waals surface area contributed by atoms with Gasteiger partial charge in [0.2, 0.25) is 0 Å². The number of nitrogens with one attached hydrogen (secondary N) is 1. The Kier molecular flexibility index (Phi) is 7.10. The second-order valence-electron chi connectivity index (χ2n) is 7.63. The van der Waals surface area contributed by atoms with Crippen LogP contribution in [0.15, 0.2) is 48.7 Å². The summed E-state index contributed by atoms with van der Waals surface area (Å²) in [6.07, 6.45) is 1.48. The summed E-state index contributed by atoms with van der Waals surface area (Å²) in [6.45, 7) is 11.9. The van der Waals surface area contributed by atoms with Gasteiger partial charge in [0.05, 0.1) is 13.3 Å². The smallest absolute Gasteiger partial charge is 0.122 e. The zero-order chi connectivity index (χ0) is 19.9. The maximum Gasteiger partial charge on any atom is 0.122 e. The van der Waals surface area contributed by atoms with Crippen molar-refractivity contribution in [3.05, 3.63) is 76.5 Å². The van der Waals surface area contributed by atoms with E-state index < -0.39 is 0 Å². The molecule has 0 unspecified atom stereocenters. The first-order chi connectivity index (χ1) is 13.6. The summed E-state index contributed by atoms with van der Waals surface area (Å²) >= 11 is 0. The zero-order valence-corrected chi connectivity index (χ0v) is 17.1. The molecule has 0 aliphatic carbocycles. The number of fused-ring (bicyclic) bond motifs is 1. The van der Waals surface area contributed by atoms with Crippen molar-refractivity contribution in [3.63, 3.8) is 0 Å². The highest BCUT2D eigenvalue weighted by molar-refractivity contribution is 5.45. The average molecular weight is 383 g/mol. The number of alkyl halides is 1. The molecule has 0 atom stereocenters. The first kappa shape index (κ1) is 20.4. The molecular formula is C24H31FN2O. The number of ether oxygens (including phenoxy) is 1. The molecule has 28 heavy (non-hydrogen) atoms. The molecule has 3 rings (SSSR count). The molecule has 0 saturated carbocycles. The van der Waals surface area contributed by atoms with E-state index >= 15 is 0 Å². The summed E-state index contributed by atoms with van der Waals surface area (Å²) in [5, 5.41) is 3.27.